The zero-order valence-electron chi connectivity index (χ0n) is 25.2. The fourth-order valence-electron chi connectivity index (χ4n) is 5.25. The summed E-state index contributed by atoms with van der Waals surface area (Å²) in [5, 5.41) is 0.253. The first-order valence-corrected chi connectivity index (χ1v) is 15.9. The van der Waals surface area contributed by atoms with Gasteiger partial charge in [-0.15, -0.1) is 0 Å². The maximum Gasteiger partial charge on any atom is 0.472 e. The third-order valence-corrected chi connectivity index (χ3v) is 8.37. The maximum absolute atomic E-state index is 13.0. The van der Waals surface area contributed by atoms with E-state index in [4.69, 9.17) is 44.9 Å². The second kappa shape index (κ2) is 14.4. The largest absolute Gasteiger partial charge is 0.497 e. The van der Waals surface area contributed by atoms with E-state index in [0.717, 1.165) is 16.7 Å². The summed E-state index contributed by atoms with van der Waals surface area (Å²) in [4.78, 5) is 10.6. The minimum atomic E-state index is -4.49. The molecule has 0 radical (unpaired) electrons. The highest BCUT2D eigenvalue weighted by Gasteiger charge is 2.50. The van der Waals surface area contributed by atoms with Gasteiger partial charge in [0.15, 0.2) is 5.05 Å². The molecule has 5 atom stereocenters. The molecule has 3 aromatic rings. The van der Waals surface area contributed by atoms with Crippen molar-refractivity contribution in [3.05, 3.63) is 95.6 Å². The SMILES string of the molecule is B[C@@H]1O[C@H](COC(c2ccccc2)(c2ccc(OC)cc2)c2ccc(OC)cc2)[C@H](OP(=O)(O)OC(C)C)C1OC(C)=S. The van der Waals surface area contributed by atoms with Crippen LogP contribution in [0.3, 0.4) is 0 Å². The number of benzene rings is 3. The van der Waals surface area contributed by atoms with Crippen molar-refractivity contribution in [1.29, 1.82) is 0 Å². The standard InChI is InChI=1S/C31H38BO9PS/c1-20(2)40-42(33,34)41-28-27(39-30(32)29(28)38-21(3)43)19-37-31(22-9-7-6-8-10-22,23-11-15-25(35-4)16-12-23)24-13-17-26(36-5)18-14-24/h6-18,20,27-30H,19,32H2,1-5H3,(H,33,34)/t27-,28+,29?,30-/m1/s1. The second-order valence-electron chi connectivity index (χ2n) is 10.5. The Balaban J connectivity index is 1.80. The first kappa shape index (κ1) is 33.1. The van der Waals surface area contributed by atoms with Crippen molar-refractivity contribution in [1.82, 2.24) is 0 Å². The van der Waals surface area contributed by atoms with E-state index in [2.05, 4.69) is 0 Å². The van der Waals surface area contributed by atoms with Crippen LogP contribution in [0.15, 0.2) is 78.9 Å². The minimum absolute atomic E-state index is 0.0417. The van der Waals surface area contributed by atoms with E-state index in [1.807, 2.05) is 78.9 Å². The normalized spacial score (nSPS) is 21.7. The van der Waals surface area contributed by atoms with Crippen LogP contribution in [-0.4, -0.2) is 69.0 Å². The fourth-order valence-corrected chi connectivity index (χ4v) is 6.51. The molecular weight excluding hydrogens is 590 g/mol. The molecule has 0 spiro atoms. The maximum atomic E-state index is 13.0. The van der Waals surface area contributed by atoms with Crippen LogP contribution in [0.25, 0.3) is 0 Å². The molecule has 0 aromatic heterocycles. The van der Waals surface area contributed by atoms with Gasteiger partial charge in [-0.3, -0.25) is 9.05 Å². The van der Waals surface area contributed by atoms with Gasteiger partial charge < -0.3 is 28.6 Å². The number of thiocarbonyl (C=S) groups is 1. The third kappa shape index (κ3) is 7.86. The number of methoxy groups -OCH3 is 2. The van der Waals surface area contributed by atoms with E-state index in [1.54, 1.807) is 42.8 Å². The van der Waals surface area contributed by atoms with Gasteiger partial charge in [0.2, 0.25) is 0 Å². The van der Waals surface area contributed by atoms with Crippen LogP contribution in [-0.2, 0) is 33.4 Å². The van der Waals surface area contributed by atoms with Crippen LogP contribution < -0.4 is 9.47 Å². The monoisotopic (exact) mass is 628 g/mol. The van der Waals surface area contributed by atoms with Crippen LogP contribution in [0.2, 0.25) is 0 Å². The number of phosphoric acid groups is 1. The van der Waals surface area contributed by atoms with Crippen molar-refractivity contribution in [2.75, 3.05) is 20.8 Å². The molecule has 1 saturated heterocycles. The van der Waals surface area contributed by atoms with Gasteiger partial charge in [0.05, 0.1) is 32.9 Å². The molecular formula is C31H38BO9PS. The smallest absolute Gasteiger partial charge is 0.472 e. The van der Waals surface area contributed by atoms with E-state index >= 15 is 0 Å². The Kier molecular flexibility index (Phi) is 11.1. The summed E-state index contributed by atoms with van der Waals surface area (Å²) in [6, 6.07) is 24.5. The van der Waals surface area contributed by atoms with Gasteiger partial charge in [0.1, 0.15) is 43.3 Å². The second-order valence-corrected chi connectivity index (χ2v) is 12.4. The van der Waals surface area contributed by atoms with Gasteiger partial charge in [0.25, 0.3) is 0 Å². The zero-order valence-corrected chi connectivity index (χ0v) is 26.9. The lowest BCUT2D eigenvalue weighted by Crippen LogP contribution is -2.42. The minimum Gasteiger partial charge on any atom is -0.497 e. The summed E-state index contributed by atoms with van der Waals surface area (Å²) in [6.45, 7) is 4.88. The number of phosphoric ester groups is 1. The molecule has 0 saturated carbocycles. The summed E-state index contributed by atoms with van der Waals surface area (Å²) in [6.07, 6.45) is -3.16. The summed E-state index contributed by atoms with van der Waals surface area (Å²) in [7, 11) is 0.533. The average Bonchev–Trinajstić information content (AvgIpc) is 3.26. The fraction of sp³-hybridized carbons (Fsp3) is 0.387. The van der Waals surface area contributed by atoms with Crippen LogP contribution in [0.1, 0.15) is 37.5 Å². The van der Waals surface area contributed by atoms with E-state index < -0.39 is 43.8 Å². The van der Waals surface area contributed by atoms with Gasteiger partial charge in [-0.2, -0.15) is 0 Å². The quantitative estimate of drug-likeness (QED) is 0.120. The summed E-state index contributed by atoms with van der Waals surface area (Å²) in [5.74, 6) is 1.39. The molecule has 12 heteroatoms. The Labute approximate surface area is 259 Å². The molecule has 0 aliphatic carbocycles. The van der Waals surface area contributed by atoms with Crippen LogP contribution in [0.5, 0.6) is 11.5 Å². The highest BCUT2D eigenvalue weighted by Crippen LogP contribution is 2.49. The molecule has 1 N–H and O–H groups in total. The molecule has 9 nitrogen and oxygen atoms in total. The summed E-state index contributed by atoms with van der Waals surface area (Å²) < 4.78 is 53.8. The van der Waals surface area contributed by atoms with Gasteiger partial charge >= 0.3 is 7.82 Å². The molecule has 43 heavy (non-hydrogen) atoms. The zero-order chi connectivity index (χ0) is 31.2. The lowest BCUT2D eigenvalue weighted by atomic mass is 9.80. The van der Waals surface area contributed by atoms with Gasteiger partial charge in [-0.05, 0) is 67.0 Å². The lowest BCUT2D eigenvalue weighted by molar-refractivity contribution is -0.0753. The molecule has 1 aliphatic rings. The Morgan fingerprint density at radius 2 is 1.44 bits per heavy atom. The molecule has 1 fully saturated rings. The molecule has 1 aliphatic heterocycles. The number of hydrogen-bond acceptors (Lipinski definition) is 9. The van der Waals surface area contributed by atoms with Crippen LogP contribution >= 0.6 is 20.0 Å². The van der Waals surface area contributed by atoms with Crippen molar-refractivity contribution in [3.63, 3.8) is 0 Å². The Hall–Kier alpha value is -2.76. The van der Waals surface area contributed by atoms with Crippen molar-refractivity contribution < 1.29 is 42.2 Å². The van der Waals surface area contributed by atoms with Gasteiger partial charge in [0, 0.05) is 6.92 Å². The van der Waals surface area contributed by atoms with E-state index in [0.29, 0.717) is 11.5 Å². The van der Waals surface area contributed by atoms with Crippen molar-refractivity contribution >= 4 is 32.9 Å². The molecule has 0 amide bonds. The van der Waals surface area contributed by atoms with Crippen molar-refractivity contribution in [2.45, 2.75) is 56.8 Å². The van der Waals surface area contributed by atoms with Crippen LogP contribution in [0.4, 0.5) is 0 Å². The molecule has 4 rings (SSSR count). The Bertz CT molecular complexity index is 1340. The molecule has 1 heterocycles. The first-order chi connectivity index (χ1) is 20.5. The summed E-state index contributed by atoms with van der Waals surface area (Å²) in [5.41, 5.74) is 1.37. The predicted octanol–water partition coefficient (Wildman–Crippen LogP) is 5.01. The van der Waals surface area contributed by atoms with E-state index in [1.165, 1.54) is 0 Å². The van der Waals surface area contributed by atoms with E-state index in [-0.39, 0.29) is 11.7 Å². The Morgan fingerprint density at radius 3 is 1.91 bits per heavy atom. The number of ether oxygens (including phenoxy) is 5. The molecule has 3 aromatic carbocycles. The molecule has 230 valence electrons. The van der Waals surface area contributed by atoms with Crippen molar-refractivity contribution in [2.24, 2.45) is 0 Å². The highest BCUT2D eigenvalue weighted by atomic mass is 32.1. The molecule has 0 bridgehead atoms. The van der Waals surface area contributed by atoms with E-state index in [9.17, 15) is 9.46 Å². The van der Waals surface area contributed by atoms with Gasteiger partial charge in [-0.1, -0.05) is 54.6 Å². The number of hydrogen-bond donors (Lipinski definition) is 1. The van der Waals surface area contributed by atoms with Crippen LogP contribution in [0, 0.1) is 0 Å². The predicted molar refractivity (Wildman–Crippen MR) is 170 cm³/mol. The molecule has 2 unspecified atom stereocenters. The Morgan fingerprint density at radius 1 is 0.930 bits per heavy atom. The van der Waals surface area contributed by atoms with Gasteiger partial charge in [-0.25, -0.2) is 4.57 Å². The number of rotatable bonds is 13. The summed E-state index contributed by atoms with van der Waals surface area (Å²) >= 11 is 5.20. The first-order valence-electron chi connectivity index (χ1n) is 14.0. The third-order valence-electron chi connectivity index (χ3n) is 7.08. The van der Waals surface area contributed by atoms with Crippen molar-refractivity contribution in [3.8, 4) is 11.5 Å². The topological polar surface area (TPSA) is 102 Å². The average molecular weight is 628 g/mol. The highest BCUT2D eigenvalue weighted by molar-refractivity contribution is 7.80. The lowest BCUT2D eigenvalue weighted by Gasteiger charge is -2.37.